The molecular formula is C21H19FN2O3. The first-order chi connectivity index (χ1) is 13.2. The molecule has 0 radical (unpaired) electrons. The van der Waals surface area contributed by atoms with Crippen LogP contribution in [0.1, 0.15) is 0 Å². The summed E-state index contributed by atoms with van der Waals surface area (Å²) in [6, 6.07) is 20.9. The topological polar surface area (TPSA) is 59.6 Å². The molecule has 3 aromatic carbocycles. The third kappa shape index (κ3) is 4.98. The molecule has 0 saturated heterocycles. The SMILES string of the molecule is COc1ccc(NCC(=O)Nc2ccccc2Oc2ccccc2)cc1F. The molecule has 0 spiro atoms. The number of rotatable bonds is 7. The fourth-order valence-corrected chi connectivity index (χ4v) is 2.43. The quantitative estimate of drug-likeness (QED) is 0.638. The van der Waals surface area contributed by atoms with E-state index in [4.69, 9.17) is 9.47 Å². The van der Waals surface area contributed by atoms with Gasteiger partial charge in [0.25, 0.3) is 0 Å². The summed E-state index contributed by atoms with van der Waals surface area (Å²) < 4.78 is 24.4. The number of carbonyl (C=O) groups is 1. The Morgan fingerprint density at radius 3 is 2.44 bits per heavy atom. The predicted molar refractivity (Wildman–Crippen MR) is 103 cm³/mol. The van der Waals surface area contributed by atoms with Crippen LogP contribution in [0.25, 0.3) is 0 Å². The second kappa shape index (κ2) is 8.71. The van der Waals surface area contributed by atoms with Crippen molar-refractivity contribution in [2.45, 2.75) is 0 Å². The lowest BCUT2D eigenvalue weighted by Gasteiger charge is -2.13. The van der Waals surface area contributed by atoms with Gasteiger partial charge in [0.1, 0.15) is 5.75 Å². The van der Waals surface area contributed by atoms with E-state index in [0.29, 0.717) is 22.9 Å². The van der Waals surface area contributed by atoms with Gasteiger partial charge in [-0.05, 0) is 36.4 Å². The summed E-state index contributed by atoms with van der Waals surface area (Å²) in [5, 5.41) is 5.67. The Morgan fingerprint density at radius 2 is 1.70 bits per heavy atom. The summed E-state index contributed by atoms with van der Waals surface area (Å²) in [7, 11) is 1.40. The minimum absolute atomic E-state index is 0.0224. The van der Waals surface area contributed by atoms with Gasteiger partial charge in [-0.15, -0.1) is 0 Å². The molecule has 0 saturated carbocycles. The highest BCUT2D eigenvalue weighted by Gasteiger charge is 2.09. The Morgan fingerprint density at radius 1 is 0.963 bits per heavy atom. The van der Waals surface area contributed by atoms with Crippen LogP contribution in [0.5, 0.6) is 17.2 Å². The van der Waals surface area contributed by atoms with Gasteiger partial charge >= 0.3 is 0 Å². The van der Waals surface area contributed by atoms with Crippen molar-refractivity contribution in [3.63, 3.8) is 0 Å². The second-order valence-corrected chi connectivity index (χ2v) is 5.66. The standard InChI is InChI=1S/C21H19FN2O3/c1-26-19-12-11-15(13-17(19)22)23-14-21(25)24-18-9-5-6-10-20(18)27-16-7-3-2-4-8-16/h2-13,23H,14H2,1H3,(H,24,25). The maximum atomic E-state index is 13.7. The Kier molecular flexibility index (Phi) is 5.89. The third-order valence-electron chi connectivity index (χ3n) is 3.74. The molecule has 0 aromatic heterocycles. The molecule has 27 heavy (non-hydrogen) atoms. The normalized spacial score (nSPS) is 10.1. The third-order valence-corrected chi connectivity index (χ3v) is 3.74. The summed E-state index contributed by atoms with van der Waals surface area (Å²) >= 11 is 0. The van der Waals surface area contributed by atoms with E-state index in [1.165, 1.54) is 19.2 Å². The maximum Gasteiger partial charge on any atom is 0.243 e. The molecular weight excluding hydrogens is 347 g/mol. The van der Waals surface area contributed by atoms with Gasteiger partial charge in [-0.2, -0.15) is 0 Å². The number of hydrogen-bond donors (Lipinski definition) is 2. The fraction of sp³-hybridized carbons (Fsp3) is 0.0952. The summed E-state index contributed by atoms with van der Waals surface area (Å²) in [4.78, 5) is 12.3. The largest absolute Gasteiger partial charge is 0.494 e. The Bertz CT molecular complexity index is 916. The number of benzene rings is 3. The maximum absolute atomic E-state index is 13.7. The summed E-state index contributed by atoms with van der Waals surface area (Å²) in [5.41, 5.74) is 1.03. The second-order valence-electron chi connectivity index (χ2n) is 5.66. The minimum atomic E-state index is -0.496. The monoisotopic (exact) mass is 366 g/mol. The van der Waals surface area contributed by atoms with Crippen LogP contribution in [-0.4, -0.2) is 19.6 Å². The van der Waals surface area contributed by atoms with Crippen LogP contribution in [0, 0.1) is 5.82 Å². The molecule has 0 atom stereocenters. The van der Waals surface area contributed by atoms with Crippen molar-refractivity contribution in [2.24, 2.45) is 0 Å². The molecule has 138 valence electrons. The van der Waals surface area contributed by atoms with E-state index in [2.05, 4.69) is 10.6 Å². The molecule has 3 aromatic rings. The van der Waals surface area contributed by atoms with Crippen molar-refractivity contribution in [3.05, 3.63) is 78.6 Å². The molecule has 3 rings (SSSR count). The average Bonchev–Trinajstić information content (AvgIpc) is 2.69. The van der Waals surface area contributed by atoms with Crippen LogP contribution in [0.3, 0.4) is 0 Å². The summed E-state index contributed by atoms with van der Waals surface area (Å²) in [6.45, 7) is -0.0224. The van der Waals surface area contributed by atoms with Gasteiger partial charge in [-0.3, -0.25) is 4.79 Å². The number of methoxy groups -OCH3 is 1. The number of amides is 1. The summed E-state index contributed by atoms with van der Waals surface area (Å²) in [5.74, 6) is 0.579. The number of carbonyl (C=O) groups excluding carboxylic acids is 1. The lowest BCUT2D eigenvalue weighted by molar-refractivity contribution is -0.114. The molecule has 5 nitrogen and oxygen atoms in total. The molecule has 0 fully saturated rings. The predicted octanol–water partition coefficient (Wildman–Crippen LogP) is 4.68. The highest BCUT2D eigenvalue weighted by atomic mass is 19.1. The summed E-state index contributed by atoms with van der Waals surface area (Å²) in [6.07, 6.45) is 0. The van der Waals surface area contributed by atoms with Crippen LogP contribution < -0.4 is 20.1 Å². The number of hydrogen-bond acceptors (Lipinski definition) is 4. The van der Waals surface area contributed by atoms with Crippen molar-refractivity contribution in [3.8, 4) is 17.2 Å². The van der Waals surface area contributed by atoms with E-state index in [0.717, 1.165) is 0 Å². The van der Waals surface area contributed by atoms with Crippen LogP contribution in [0.4, 0.5) is 15.8 Å². The molecule has 0 aliphatic rings. The van der Waals surface area contributed by atoms with Crippen LogP contribution >= 0.6 is 0 Å². The molecule has 0 unspecified atom stereocenters. The average molecular weight is 366 g/mol. The fourth-order valence-electron chi connectivity index (χ4n) is 2.43. The Hall–Kier alpha value is -3.54. The molecule has 6 heteroatoms. The van der Waals surface area contributed by atoms with E-state index in [1.54, 1.807) is 24.3 Å². The van der Waals surface area contributed by atoms with Crippen LogP contribution in [0.2, 0.25) is 0 Å². The van der Waals surface area contributed by atoms with Crippen molar-refractivity contribution < 1.29 is 18.7 Å². The van der Waals surface area contributed by atoms with Gasteiger partial charge < -0.3 is 20.1 Å². The Balaban J connectivity index is 1.62. The zero-order valence-corrected chi connectivity index (χ0v) is 14.7. The zero-order chi connectivity index (χ0) is 19.1. The molecule has 2 N–H and O–H groups in total. The number of ether oxygens (including phenoxy) is 2. The van der Waals surface area contributed by atoms with E-state index >= 15 is 0 Å². The number of nitrogens with one attached hydrogen (secondary N) is 2. The molecule has 0 heterocycles. The first-order valence-corrected chi connectivity index (χ1v) is 8.35. The van der Waals surface area contributed by atoms with Crippen LogP contribution in [-0.2, 0) is 4.79 Å². The van der Waals surface area contributed by atoms with Crippen molar-refractivity contribution in [1.82, 2.24) is 0 Å². The van der Waals surface area contributed by atoms with Gasteiger partial charge in [0.15, 0.2) is 17.3 Å². The van der Waals surface area contributed by atoms with Crippen molar-refractivity contribution in [2.75, 3.05) is 24.3 Å². The van der Waals surface area contributed by atoms with E-state index in [9.17, 15) is 9.18 Å². The highest BCUT2D eigenvalue weighted by Crippen LogP contribution is 2.29. The van der Waals surface area contributed by atoms with Gasteiger partial charge in [-0.1, -0.05) is 30.3 Å². The molecule has 0 aliphatic heterocycles. The molecule has 0 aliphatic carbocycles. The van der Waals surface area contributed by atoms with Gasteiger partial charge in [0.2, 0.25) is 5.91 Å². The van der Waals surface area contributed by atoms with Gasteiger partial charge in [-0.25, -0.2) is 4.39 Å². The van der Waals surface area contributed by atoms with Gasteiger partial charge in [0, 0.05) is 11.8 Å². The number of halogens is 1. The number of anilines is 2. The number of para-hydroxylation sites is 3. The van der Waals surface area contributed by atoms with Gasteiger partial charge in [0.05, 0.1) is 19.3 Å². The molecule has 1 amide bonds. The van der Waals surface area contributed by atoms with Crippen molar-refractivity contribution in [1.29, 1.82) is 0 Å². The van der Waals surface area contributed by atoms with E-state index in [-0.39, 0.29) is 18.2 Å². The first kappa shape index (κ1) is 18.3. The van der Waals surface area contributed by atoms with Crippen molar-refractivity contribution >= 4 is 17.3 Å². The molecule has 0 bridgehead atoms. The minimum Gasteiger partial charge on any atom is -0.494 e. The van der Waals surface area contributed by atoms with Crippen LogP contribution in [0.15, 0.2) is 72.8 Å². The lowest BCUT2D eigenvalue weighted by Crippen LogP contribution is -2.22. The zero-order valence-electron chi connectivity index (χ0n) is 14.7. The first-order valence-electron chi connectivity index (χ1n) is 8.35. The van der Waals surface area contributed by atoms with E-state index in [1.807, 2.05) is 36.4 Å². The highest BCUT2D eigenvalue weighted by molar-refractivity contribution is 5.95. The van der Waals surface area contributed by atoms with E-state index < -0.39 is 5.82 Å². The lowest BCUT2D eigenvalue weighted by atomic mass is 10.2. The Labute approximate surface area is 156 Å². The smallest absolute Gasteiger partial charge is 0.243 e.